The molecule has 0 aliphatic carbocycles. The van der Waals surface area contributed by atoms with Crippen molar-refractivity contribution in [3.05, 3.63) is 163 Å². The van der Waals surface area contributed by atoms with Gasteiger partial charge in [-0.05, 0) is 99.2 Å². The molecule has 3 heterocycles. The molecule has 8 rings (SSSR count). The maximum absolute atomic E-state index is 6.85. The minimum absolute atomic E-state index is 0.00722. The predicted molar refractivity (Wildman–Crippen MR) is 226 cm³/mol. The predicted octanol–water partition coefficient (Wildman–Crippen LogP) is 12.4. The highest BCUT2D eigenvalue weighted by Gasteiger charge is 2.24. The monoisotopic (exact) mass is 722 g/mol. The lowest BCUT2D eigenvalue weighted by Crippen LogP contribution is -2.39. The van der Waals surface area contributed by atoms with Crippen molar-refractivity contribution in [2.75, 3.05) is 0 Å². The summed E-state index contributed by atoms with van der Waals surface area (Å²) in [6.07, 6.45) is 7.84. The van der Waals surface area contributed by atoms with Crippen LogP contribution in [0.1, 0.15) is 79.1 Å². The molecule has 3 aromatic heterocycles. The Hall–Kier alpha value is -5.94. The number of aromatic nitrogens is 4. The number of imidazole rings is 1. The smallest absolute Gasteiger partial charge is 0.269 e. The summed E-state index contributed by atoms with van der Waals surface area (Å²) >= 11 is 0. The molecule has 5 nitrogen and oxygen atoms in total. The van der Waals surface area contributed by atoms with Crippen LogP contribution >= 0.6 is 0 Å². The molecule has 55 heavy (non-hydrogen) atoms. The maximum atomic E-state index is 6.85. The van der Waals surface area contributed by atoms with Crippen molar-refractivity contribution in [1.82, 2.24) is 14.1 Å². The second-order valence-electron chi connectivity index (χ2n) is 17.7. The van der Waals surface area contributed by atoms with Gasteiger partial charge >= 0.3 is 0 Å². The van der Waals surface area contributed by atoms with E-state index in [1.165, 1.54) is 16.5 Å². The van der Waals surface area contributed by atoms with Crippen molar-refractivity contribution in [2.24, 2.45) is 0 Å². The summed E-state index contributed by atoms with van der Waals surface area (Å²) in [7, 11) is 0. The molecule has 0 amide bonds. The average Bonchev–Trinajstić information content (AvgIpc) is 3.75. The van der Waals surface area contributed by atoms with Crippen LogP contribution in [0.3, 0.4) is 0 Å². The van der Waals surface area contributed by atoms with E-state index in [0.29, 0.717) is 0 Å². The van der Waals surface area contributed by atoms with Gasteiger partial charge in [0, 0.05) is 29.2 Å². The molecule has 0 radical (unpaired) electrons. The Morgan fingerprint density at radius 2 is 1.27 bits per heavy atom. The van der Waals surface area contributed by atoms with E-state index >= 15 is 0 Å². The normalized spacial score (nSPS) is 12.5. The Balaban J connectivity index is 1.26. The van der Waals surface area contributed by atoms with Crippen LogP contribution in [-0.2, 0) is 16.2 Å². The number of hydrogen-bond acceptors (Lipinski definition) is 2. The number of ether oxygens (including phenoxy) is 1. The fourth-order valence-electron chi connectivity index (χ4n) is 7.32. The van der Waals surface area contributed by atoms with Crippen molar-refractivity contribution in [2.45, 2.75) is 78.6 Å². The SMILES string of the molecule is CC(C)(C)c1cccc(-[n+]2[c-]n(-c3cc(Oc4ccc5c6ccccc6n(-c6cc(C(C)(C)C)ccn6)c5c4)cc(-c4ccccc4)c3)cc2C(C)(C)C)c1. The summed E-state index contributed by atoms with van der Waals surface area (Å²) in [5.41, 5.74) is 9.96. The van der Waals surface area contributed by atoms with Gasteiger partial charge in [0.15, 0.2) is 0 Å². The molecule has 0 atom stereocenters. The summed E-state index contributed by atoms with van der Waals surface area (Å²) in [5.74, 6) is 2.39. The van der Waals surface area contributed by atoms with Crippen LogP contribution in [0.5, 0.6) is 11.5 Å². The number of benzene rings is 5. The maximum Gasteiger partial charge on any atom is 0.269 e. The molecule has 0 N–H and O–H groups in total. The Kier molecular flexibility index (Phi) is 8.80. The third kappa shape index (κ3) is 7.07. The van der Waals surface area contributed by atoms with Gasteiger partial charge < -0.3 is 4.74 Å². The van der Waals surface area contributed by atoms with E-state index in [0.717, 1.165) is 61.9 Å². The van der Waals surface area contributed by atoms with Gasteiger partial charge in [0.25, 0.3) is 6.33 Å². The van der Waals surface area contributed by atoms with E-state index in [1.54, 1.807) is 0 Å². The molecular formula is C50H50N4O. The number of nitrogens with zero attached hydrogens (tertiary/aromatic N) is 4. The van der Waals surface area contributed by atoms with Gasteiger partial charge in [-0.2, -0.15) is 0 Å². The molecule has 5 aromatic carbocycles. The van der Waals surface area contributed by atoms with E-state index in [4.69, 9.17) is 9.72 Å². The van der Waals surface area contributed by atoms with Crippen molar-refractivity contribution in [3.63, 3.8) is 0 Å². The van der Waals surface area contributed by atoms with Gasteiger partial charge in [0.2, 0.25) is 0 Å². The zero-order valence-electron chi connectivity index (χ0n) is 33.5. The number of rotatable bonds is 6. The molecule has 0 aliphatic rings. The van der Waals surface area contributed by atoms with E-state index in [2.05, 4.69) is 216 Å². The zero-order chi connectivity index (χ0) is 38.7. The minimum Gasteiger partial charge on any atom is -0.458 e. The minimum atomic E-state index is -0.134. The fraction of sp³-hybridized carbons (Fsp3) is 0.240. The van der Waals surface area contributed by atoms with Crippen molar-refractivity contribution >= 4 is 21.8 Å². The van der Waals surface area contributed by atoms with Gasteiger partial charge in [0.05, 0.1) is 28.1 Å². The van der Waals surface area contributed by atoms with E-state index < -0.39 is 0 Å². The number of fused-ring (bicyclic) bond motifs is 3. The number of pyridine rings is 1. The lowest BCUT2D eigenvalue weighted by atomic mass is 9.86. The molecule has 0 fully saturated rings. The summed E-state index contributed by atoms with van der Waals surface area (Å²) < 4.78 is 13.4. The Morgan fingerprint density at radius 1 is 0.564 bits per heavy atom. The molecule has 0 unspecified atom stereocenters. The van der Waals surface area contributed by atoms with Crippen LogP contribution in [-0.4, -0.2) is 14.1 Å². The Bertz CT molecular complexity index is 2680. The van der Waals surface area contributed by atoms with Crippen molar-refractivity contribution in [1.29, 1.82) is 0 Å². The summed E-state index contributed by atoms with van der Waals surface area (Å²) in [5, 5.41) is 2.33. The first-order valence-electron chi connectivity index (χ1n) is 19.2. The number of hydrogen-bond donors (Lipinski definition) is 0. The second-order valence-corrected chi connectivity index (χ2v) is 17.7. The van der Waals surface area contributed by atoms with Crippen LogP contribution < -0.4 is 9.30 Å². The van der Waals surface area contributed by atoms with Crippen LogP contribution in [0.2, 0.25) is 0 Å². The van der Waals surface area contributed by atoms with Gasteiger partial charge in [-0.3, -0.25) is 13.7 Å². The first-order chi connectivity index (χ1) is 26.1. The summed E-state index contributed by atoms with van der Waals surface area (Å²) in [6.45, 7) is 20.2. The molecular weight excluding hydrogens is 673 g/mol. The van der Waals surface area contributed by atoms with Crippen LogP contribution in [0, 0.1) is 6.33 Å². The third-order valence-electron chi connectivity index (χ3n) is 10.4. The van der Waals surface area contributed by atoms with Crippen LogP contribution in [0.15, 0.2) is 140 Å². The molecule has 0 aliphatic heterocycles. The van der Waals surface area contributed by atoms with E-state index in [-0.39, 0.29) is 16.2 Å². The van der Waals surface area contributed by atoms with E-state index in [1.807, 2.05) is 6.20 Å². The Morgan fingerprint density at radius 3 is 2.02 bits per heavy atom. The molecule has 0 bridgehead atoms. The highest BCUT2D eigenvalue weighted by atomic mass is 16.5. The van der Waals surface area contributed by atoms with Crippen molar-refractivity contribution in [3.8, 4) is 39.8 Å². The highest BCUT2D eigenvalue weighted by molar-refractivity contribution is 6.09. The quantitative estimate of drug-likeness (QED) is 0.127. The molecule has 276 valence electrons. The number of para-hydroxylation sites is 1. The topological polar surface area (TPSA) is 35.9 Å². The standard InChI is InChI=1S/C50H50N4O/c1-48(2,3)36-18-15-19-38(28-36)53-33-52(32-46(53)50(7,8)9)39-26-35(34-16-11-10-12-17-34)27-41(30-39)55-40-22-23-43-42-20-13-14-21-44(42)54(45(43)31-40)47-29-37(24-25-51-47)49(4,5)6/h10-32H,1-9H3. The van der Waals surface area contributed by atoms with Crippen molar-refractivity contribution < 1.29 is 9.30 Å². The zero-order valence-corrected chi connectivity index (χ0v) is 33.5. The molecule has 0 spiro atoms. The van der Waals surface area contributed by atoms with E-state index in [9.17, 15) is 0 Å². The van der Waals surface area contributed by atoms with Gasteiger partial charge in [-0.15, -0.1) is 0 Å². The molecule has 0 saturated carbocycles. The van der Waals surface area contributed by atoms with Gasteiger partial charge in [-0.25, -0.2) is 4.98 Å². The summed E-state index contributed by atoms with van der Waals surface area (Å²) in [6, 6.07) is 45.0. The highest BCUT2D eigenvalue weighted by Crippen LogP contribution is 2.37. The van der Waals surface area contributed by atoms with Crippen LogP contribution in [0.4, 0.5) is 0 Å². The average molecular weight is 723 g/mol. The lowest BCUT2D eigenvalue weighted by Gasteiger charge is -2.23. The first-order valence-corrected chi connectivity index (χ1v) is 19.2. The van der Waals surface area contributed by atoms with Gasteiger partial charge in [-0.1, -0.05) is 123 Å². The van der Waals surface area contributed by atoms with Crippen LogP contribution in [0.25, 0.3) is 50.1 Å². The van der Waals surface area contributed by atoms with Gasteiger partial charge in [0.1, 0.15) is 17.3 Å². The largest absolute Gasteiger partial charge is 0.458 e. The summed E-state index contributed by atoms with van der Waals surface area (Å²) in [4.78, 5) is 4.88. The second kappa shape index (κ2) is 13.4. The first kappa shape index (κ1) is 36.1. The molecule has 0 saturated heterocycles. The Labute approximate surface area is 325 Å². The molecule has 5 heteroatoms. The molecule has 8 aromatic rings. The lowest BCUT2D eigenvalue weighted by molar-refractivity contribution is -0.611. The third-order valence-corrected chi connectivity index (χ3v) is 10.4. The fourth-order valence-corrected chi connectivity index (χ4v) is 7.32.